The lowest BCUT2D eigenvalue weighted by Crippen LogP contribution is -2.21. The van der Waals surface area contributed by atoms with Crippen molar-refractivity contribution in [1.29, 1.82) is 0 Å². The van der Waals surface area contributed by atoms with Gasteiger partial charge < -0.3 is 10.4 Å². The Morgan fingerprint density at radius 3 is 2.61 bits per heavy atom. The molecule has 96 valence electrons. The predicted octanol–water partition coefficient (Wildman–Crippen LogP) is 4.63. The Morgan fingerprint density at radius 1 is 1.22 bits per heavy atom. The molecule has 0 aliphatic heterocycles. The fraction of sp³-hybridized carbons (Fsp3) is 0.286. The first-order chi connectivity index (χ1) is 8.56. The molecular formula is C14H16BrNOS. The second-order valence-corrected chi connectivity index (χ2v) is 6.23. The van der Waals surface area contributed by atoms with Gasteiger partial charge in [-0.3, -0.25) is 0 Å². The number of hydrogen-bond acceptors (Lipinski definition) is 3. The van der Waals surface area contributed by atoms with Crippen LogP contribution >= 0.6 is 27.3 Å². The number of halogens is 1. The van der Waals surface area contributed by atoms with Crippen LogP contribution in [-0.2, 0) is 0 Å². The van der Waals surface area contributed by atoms with Gasteiger partial charge in [0.25, 0.3) is 0 Å². The molecule has 0 amide bonds. The van der Waals surface area contributed by atoms with E-state index in [4.69, 9.17) is 0 Å². The Balaban J connectivity index is 2.05. The standard InChI is InChI=1S/C14H16BrNOS/c1-9(11-4-3-5-13(17)6-11)16-10(2)14-7-12(15)8-18-14/h3-10,16-17H,1-2H3. The molecule has 1 aromatic heterocycles. The van der Waals surface area contributed by atoms with E-state index in [1.807, 2.05) is 12.1 Å². The SMILES string of the molecule is CC(NC(C)c1cc(Br)cs1)c1cccc(O)c1. The highest BCUT2D eigenvalue weighted by Gasteiger charge is 2.12. The minimum atomic E-state index is 0.202. The maximum atomic E-state index is 9.48. The number of phenolic OH excluding ortho intramolecular Hbond substituents is 1. The van der Waals surface area contributed by atoms with E-state index < -0.39 is 0 Å². The van der Waals surface area contributed by atoms with Crippen LogP contribution in [0.25, 0.3) is 0 Å². The summed E-state index contributed by atoms with van der Waals surface area (Å²) in [7, 11) is 0. The van der Waals surface area contributed by atoms with Gasteiger partial charge in [0.05, 0.1) is 0 Å². The van der Waals surface area contributed by atoms with Gasteiger partial charge in [0, 0.05) is 26.8 Å². The highest BCUT2D eigenvalue weighted by molar-refractivity contribution is 9.10. The summed E-state index contributed by atoms with van der Waals surface area (Å²) in [6.45, 7) is 4.26. The Kier molecular flexibility index (Phi) is 4.43. The van der Waals surface area contributed by atoms with Crippen molar-refractivity contribution in [1.82, 2.24) is 5.32 Å². The van der Waals surface area contributed by atoms with E-state index in [-0.39, 0.29) is 6.04 Å². The zero-order chi connectivity index (χ0) is 13.1. The summed E-state index contributed by atoms with van der Waals surface area (Å²) in [4.78, 5) is 1.30. The van der Waals surface area contributed by atoms with E-state index in [2.05, 4.69) is 46.5 Å². The van der Waals surface area contributed by atoms with E-state index in [0.717, 1.165) is 10.0 Å². The quantitative estimate of drug-likeness (QED) is 0.859. The number of hydrogen-bond donors (Lipinski definition) is 2. The number of nitrogens with one attached hydrogen (secondary N) is 1. The fourth-order valence-electron chi connectivity index (χ4n) is 1.90. The van der Waals surface area contributed by atoms with E-state index in [9.17, 15) is 5.11 Å². The van der Waals surface area contributed by atoms with Crippen LogP contribution < -0.4 is 5.32 Å². The largest absolute Gasteiger partial charge is 0.508 e. The van der Waals surface area contributed by atoms with E-state index in [0.29, 0.717) is 11.8 Å². The van der Waals surface area contributed by atoms with Crippen molar-refractivity contribution in [3.63, 3.8) is 0 Å². The van der Waals surface area contributed by atoms with Gasteiger partial charge in [0.1, 0.15) is 5.75 Å². The molecule has 1 aromatic carbocycles. The van der Waals surface area contributed by atoms with Crippen molar-refractivity contribution in [2.45, 2.75) is 25.9 Å². The molecule has 4 heteroatoms. The molecule has 0 radical (unpaired) electrons. The molecule has 0 saturated carbocycles. The first kappa shape index (κ1) is 13.6. The highest BCUT2D eigenvalue weighted by Crippen LogP contribution is 2.27. The summed E-state index contributed by atoms with van der Waals surface area (Å²) in [5.74, 6) is 0.313. The van der Waals surface area contributed by atoms with Crippen molar-refractivity contribution in [2.75, 3.05) is 0 Å². The number of thiophene rings is 1. The van der Waals surface area contributed by atoms with Gasteiger partial charge in [0.2, 0.25) is 0 Å². The smallest absolute Gasteiger partial charge is 0.115 e. The van der Waals surface area contributed by atoms with Crippen molar-refractivity contribution < 1.29 is 5.11 Å². The van der Waals surface area contributed by atoms with Crippen LogP contribution in [0.1, 0.15) is 36.4 Å². The minimum Gasteiger partial charge on any atom is -0.508 e. The second kappa shape index (κ2) is 5.87. The molecule has 0 bridgehead atoms. The van der Waals surface area contributed by atoms with Crippen LogP contribution in [-0.4, -0.2) is 5.11 Å². The Bertz CT molecular complexity index is 526. The lowest BCUT2D eigenvalue weighted by molar-refractivity contribution is 0.467. The molecular weight excluding hydrogens is 310 g/mol. The average Bonchev–Trinajstić information content (AvgIpc) is 2.76. The van der Waals surface area contributed by atoms with Crippen molar-refractivity contribution in [2.24, 2.45) is 0 Å². The molecule has 2 N–H and O–H groups in total. The monoisotopic (exact) mass is 325 g/mol. The van der Waals surface area contributed by atoms with Crippen molar-refractivity contribution in [3.05, 3.63) is 50.6 Å². The topological polar surface area (TPSA) is 32.3 Å². The fourth-order valence-corrected chi connectivity index (χ4v) is 3.37. The third-order valence-electron chi connectivity index (χ3n) is 2.88. The van der Waals surface area contributed by atoms with E-state index in [1.165, 1.54) is 4.88 Å². The zero-order valence-electron chi connectivity index (χ0n) is 10.4. The lowest BCUT2D eigenvalue weighted by Gasteiger charge is -2.19. The highest BCUT2D eigenvalue weighted by atomic mass is 79.9. The number of phenols is 1. The maximum absolute atomic E-state index is 9.48. The summed E-state index contributed by atoms with van der Waals surface area (Å²) in [6, 6.07) is 10.0. The first-order valence-electron chi connectivity index (χ1n) is 5.85. The third-order valence-corrected chi connectivity index (χ3v) is 4.76. The van der Waals surface area contributed by atoms with E-state index in [1.54, 1.807) is 23.5 Å². The Morgan fingerprint density at radius 2 is 2.00 bits per heavy atom. The lowest BCUT2D eigenvalue weighted by atomic mass is 10.1. The molecule has 2 atom stereocenters. The van der Waals surface area contributed by atoms with Gasteiger partial charge in [-0.15, -0.1) is 11.3 Å². The summed E-state index contributed by atoms with van der Waals surface area (Å²) in [5, 5.41) is 15.1. The van der Waals surface area contributed by atoms with Crippen LogP contribution in [0.5, 0.6) is 5.75 Å². The van der Waals surface area contributed by atoms with Crippen LogP contribution in [0, 0.1) is 0 Å². The second-order valence-electron chi connectivity index (χ2n) is 4.37. The van der Waals surface area contributed by atoms with Crippen LogP contribution in [0.3, 0.4) is 0 Å². The predicted molar refractivity (Wildman–Crippen MR) is 80.1 cm³/mol. The van der Waals surface area contributed by atoms with E-state index >= 15 is 0 Å². The van der Waals surface area contributed by atoms with Gasteiger partial charge in [0.15, 0.2) is 0 Å². The Labute approximate surface area is 120 Å². The van der Waals surface area contributed by atoms with Gasteiger partial charge in [-0.2, -0.15) is 0 Å². The summed E-state index contributed by atoms with van der Waals surface area (Å²) in [6.07, 6.45) is 0. The number of rotatable bonds is 4. The molecule has 18 heavy (non-hydrogen) atoms. The molecule has 2 rings (SSSR count). The molecule has 2 nitrogen and oxygen atoms in total. The molecule has 0 fully saturated rings. The third kappa shape index (κ3) is 3.34. The van der Waals surface area contributed by atoms with Crippen molar-refractivity contribution in [3.8, 4) is 5.75 Å². The number of aromatic hydroxyl groups is 1. The van der Waals surface area contributed by atoms with Gasteiger partial charge in [-0.25, -0.2) is 0 Å². The van der Waals surface area contributed by atoms with Crippen LogP contribution in [0.15, 0.2) is 40.2 Å². The molecule has 2 unspecified atom stereocenters. The molecule has 1 heterocycles. The number of benzene rings is 1. The minimum absolute atomic E-state index is 0.202. The molecule has 0 aliphatic rings. The molecule has 0 spiro atoms. The van der Waals surface area contributed by atoms with Gasteiger partial charge >= 0.3 is 0 Å². The average molecular weight is 326 g/mol. The van der Waals surface area contributed by atoms with Crippen molar-refractivity contribution >= 4 is 27.3 Å². The summed E-state index contributed by atoms with van der Waals surface area (Å²) >= 11 is 5.21. The maximum Gasteiger partial charge on any atom is 0.115 e. The summed E-state index contributed by atoms with van der Waals surface area (Å²) < 4.78 is 1.13. The van der Waals surface area contributed by atoms with Gasteiger partial charge in [-0.1, -0.05) is 12.1 Å². The Hall–Kier alpha value is -0.840. The summed E-state index contributed by atoms with van der Waals surface area (Å²) in [5.41, 5.74) is 1.09. The molecule has 2 aromatic rings. The normalized spacial score (nSPS) is 14.4. The first-order valence-corrected chi connectivity index (χ1v) is 7.52. The van der Waals surface area contributed by atoms with Gasteiger partial charge in [-0.05, 0) is 53.5 Å². The van der Waals surface area contributed by atoms with Crippen LogP contribution in [0.4, 0.5) is 0 Å². The molecule has 0 saturated heterocycles. The zero-order valence-corrected chi connectivity index (χ0v) is 12.8. The molecule has 0 aliphatic carbocycles. The van der Waals surface area contributed by atoms with Crippen LogP contribution in [0.2, 0.25) is 0 Å².